The van der Waals surface area contributed by atoms with E-state index in [9.17, 15) is 52.7 Å². The Morgan fingerprint density at radius 1 is 0.676 bits per heavy atom. The van der Waals surface area contributed by atoms with E-state index in [1.54, 1.807) is 93.8 Å². The lowest BCUT2D eigenvalue weighted by molar-refractivity contribution is -0.149. The molecule has 4 aromatic rings. The fourth-order valence-electron chi connectivity index (χ4n) is 14.5. The Bertz CT molecular complexity index is 3580. The molecule has 2 aliphatic rings. The number of aromatic amines is 1. The average Bonchev–Trinajstić information content (AvgIpc) is 1.66. The number of methoxy groups -OCH3 is 2. The number of hydroxylamine groups is 2. The number of fused-ring (bicyclic) bond motifs is 1. The van der Waals surface area contributed by atoms with Gasteiger partial charge in [0.25, 0.3) is 11.8 Å². The van der Waals surface area contributed by atoms with Crippen LogP contribution < -0.4 is 21.7 Å². The molecule has 3 aromatic carbocycles. The normalized spacial score (nSPS) is 16.3. The van der Waals surface area contributed by atoms with Crippen LogP contribution in [0.25, 0.3) is 0 Å². The number of likely N-dealkylation sites (tertiary alicyclic amines) is 1. The first-order chi connectivity index (χ1) is 53.1. The highest BCUT2D eigenvalue weighted by Crippen LogP contribution is 2.34. The van der Waals surface area contributed by atoms with Crippen molar-refractivity contribution in [1.29, 1.82) is 0 Å². The van der Waals surface area contributed by atoms with Crippen molar-refractivity contribution in [3.8, 4) is 0 Å². The molecule has 0 radical (unpaired) electrons. The summed E-state index contributed by atoms with van der Waals surface area (Å²) < 4.78 is 40.2. The second-order valence-electron chi connectivity index (χ2n) is 29.8. The van der Waals surface area contributed by atoms with E-state index in [1.807, 2.05) is 83.7 Å². The number of nitrogens with two attached hydrogens (primary N) is 1. The largest absolute Gasteiger partial charge is 0.445 e. The lowest BCUT2D eigenvalue weighted by Gasteiger charge is -2.41. The quantitative estimate of drug-likeness (QED) is 0.0203. The van der Waals surface area contributed by atoms with Crippen LogP contribution >= 0.6 is 0 Å². The Balaban J connectivity index is 0.948. The zero-order chi connectivity index (χ0) is 81.3. The van der Waals surface area contributed by atoms with Crippen molar-refractivity contribution in [2.75, 3.05) is 106 Å². The number of carbonyl (C=O) groups is 11. The van der Waals surface area contributed by atoms with Gasteiger partial charge in [0.2, 0.25) is 23.6 Å². The number of anilines is 1. The molecule has 6 rings (SSSR count). The molecule has 0 bridgehead atoms. The van der Waals surface area contributed by atoms with Crippen LogP contribution in [0, 0.1) is 41.4 Å². The van der Waals surface area contributed by atoms with E-state index >= 15 is 0 Å². The van der Waals surface area contributed by atoms with Crippen molar-refractivity contribution in [3.63, 3.8) is 0 Å². The SMILES string of the molecule is CC[C@H](C)[C@@H]([C@@H](CC(=O)N1CCC[C@H]1C(OC)[C@@H](C)C(=O)C[C@@H](Cc1ccccc1)c1ncc[nH]1)OC)N(C)C(=O)[C@@H](CC(=O)[C@H](C(C)C)N(C)C(=O)OCc1ccc(NC(=O)[C@H](CCCNC(N)=O)CC(=O)[C@@H](NC(=O)CCOCCOCCOCCOCCON2C(=O)c3ccccc3C2=O)C(C)C)cc1)C(C)C. The van der Waals surface area contributed by atoms with Gasteiger partial charge in [-0.2, -0.15) is 0 Å². The molecule has 3 heterocycles. The topological polar surface area (TPSA) is 365 Å². The number of likely N-dealkylation sites (N-methyl/N-ethyl adjacent to an activating group) is 2. The molecular formula is C82H120N10O19. The van der Waals surface area contributed by atoms with Crippen LogP contribution in [-0.4, -0.2) is 232 Å². The summed E-state index contributed by atoms with van der Waals surface area (Å²) in [6.07, 6.45) is 4.20. The third-order valence-corrected chi connectivity index (χ3v) is 20.8. The zero-order valence-electron chi connectivity index (χ0n) is 67.1. The number of ketones is 3. The highest BCUT2D eigenvalue weighted by molar-refractivity contribution is 6.20. The van der Waals surface area contributed by atoms with Crippen LogP contribution in [-0.2, 0) is 84.6 Å². The van der Waals surface area contributed by atoms with Gasteiger partial charge in [0, 0.05) is 109 Å². The van der Waals surface area contributed by atoms with Crippen molar-refractivity contribution in [1.82, 2.24) is 40.4 Å². The van der Waals surface area contributed by atoms with Gasteiger partial charge < -0.3 is 74.5 Å². The van der Waals surface area contributed by atoms with E-state index < -0.39 is 83.8 Å². The van der Waals surface area contributed by atoms with Crippen LogP contribution in [0.3, 0.4) is 0 Å². The van der Waals surface area contributed by atoms with E-state index in [-0.39, 0.29) is 176 Å². The number of carbonyl (C=O) groups excluding carboxylic acids is 11. The van der Waals surface area contributed by atoms with Gasteiger partial charge >= 0.3 is 12.1 Å². The van der Waals surface area contributed by atoms with Crippen LogP contribution in [0.4, 0.5) is 15.3 Å². The molecule has 29 heteroatoms. The van der Waals surface area contributed by atoms with Gasteiger partial charge in [0.15, 0.2) is 11.6 Å². The first-order valence-corrected chi connectivity index (χ1v) is 38.9. The summed E-state index contributed by atoms with van der Waals surface area (Å²) in [7, 11) is 6.30. The number of aromatic nitrogens is 2. The van der Waals surface area contributed by atoms with Gasteiger partial charge in [-0.1, -0.05) is 123 Å². The highest BCUT2D eigenvalue weighted by Gasteiger charge is 2.45. The molecule has 0 aliphatic carbocycles. The summed E-state index contributed by atoms with van der Waals surface area (Å²) >= 11 is 0. The second-order valence-corrected chi connectivity index (χ2v) is 29.8. The molecule has 0 spiro atoms. The number of hydrogen-bond acceptors (Lipinski definition) is 20. The number of benzene rings is 3. The molecule has 1 fully saturated rings. The Morgan fingerprint density at radius 2 is 1.29 bits per heavy atom. The molecule has 29 nitrogen and oxygen atoms in total. The van der Waals surface area contributed by atoms with Gasteiger partial charge in [0.1, 0.15) is 18.2 Å². The number of primary amides is 1. The maximum atomic E-state index is 15.0. The number of nitrogens with zero attached hydrogens (tertiary/aromatic N) is 5. The summed E-state index contributed by atoms with van der Waals surface area (Å²) in [5.41, 5.74) is 7.90. The first kappa shape index (κ1) is 91.0. The van der Waals surface area contributed by atoms with Crippen molar-refractivity contribution < 1.29 is 90.7 Å². The fourth-order valence-corrected chi connectivity index (χ4v) is 14.5. The predicted octanol–water partition coefficient (Wildman–Crippen LogP) is 8.93. The maximum Gasteiger partial charge on any atom is 0.410 e. The molecule has 6 N–H and O–H groups in total. The molecule has 1 unspecified atom stereocenters. The number of nitrogens with one attached hydrogen (secondary N) is 4. The van der Waals surface area contributed by atoms with Crippen molar-refractivity contribution in [3.05, 3.63) is 119 Å². The highest BCUT2D eigenvalue weighted by atomic mass is 16.7. The molecular weight excluding hydrogens is 1430 g/mol. The van der Waals surface area contributed by atoms with E-state index in [2.05, 4.69) is 25.9 Å². The van der Waals surface area contributed by atoms with Crippen molar-refractivity contribution in [2.24, 2.45) is 47.2 Å². The number of Topliss-reactive ketones (excluding diaryl/α,β-unsaturated/α-hetero) is 3. The molecule has 1 saturated heterocycles. The zero-order valence-corrected chi connectivity index (χ0v) is 67.1. The lowest BCUT2D eigenvalue weighted by Crippen LogP contribution is -2.54. The minimum atomic E-state index is -0.972. The monoisotopic (exact) mass is 1550 g/mol. The Kier molecular flexibility index (Phi) is 38.4. The summed E-state index contributed by atoms with van der Waals surface area (Å²) in [5, 5.41) is 8.92. The predicted molar refractivity (Wildman–Crippen MR) is 414 cm³/mol. The molecule has 612 valence electrons. The van der Waals surface area contributed by atoms with Crippen molar-refractivity contribution in [2.45, 2.75) is 182 Å². The van der Waals surface area contributed by atoms with E-state index in [0.29, 0.717) is 54.6 Å². The van der Waals surface area contributed by atoms with Crippen LogP contribution in [0.15, 0.2) is 91.3 Å². The molecule has 1 aromatic heterocycles. The number of amides is 9. The Morgan fingerprint density at radius 3 is 1.85 bits per heavy atom. The Hall–Kier alpha value is -8.84. The number of ether oxygens (including phenoxy) is 7. The first-order valence-electron chi connectivity index (χ1n) is 38.9. The molecule has 9 amide bonds. The van der Waals surface area contributed by atoms with Gasteiger partial charge in [-0.15, -0.1) is 5.06 Å². The number of rotatable bonds is 52. The van der Waals surface area contributed by atoms with Crippen LogP contribution in [0.1, 0.15) is 170 Å². The average molecular weight is 1550 g/mol. The third kappa shape index (κ3) is 27.8. The Labute approximate surface area is 653 Å². The smallest absolute Gasteiger partial charge is 0.410 e. The third-order valence-electron chi connectivity index (χ3n) is 20.8. The number of imidazole rings is 1. The molecule has 0 saturated carbocycles. The second kappa shape index (κ2) is 46.9. The molecule has 11 atom stereocenters. The summed E-state index contributed by atoms with van der Waals surface area (Å²) in [6.45, 7) is 19.0. The number of imide groups is 1. The van der Waals surface area contributed by atoms with Crippen LogP contribution in [0.2, 0.25) is 0 Å². The number of urea groups is 1. The molecule has 2 aliphatic heterocycles. The minimum absolute atomic E-state index is 0.00231. The van der Waals surface area contributed by atoms with E-state index in [4.69, 9.17) is 43.7 Å². The number of hydrogen-bond donors (Lipinski definition) is 5. The summed E-state index contributed by atoms with van der Waals surface area (Å²) in [5.74, 6) is -5.96. The summed E-state index contributed by atoms with van der Waals surface area (Å²) in [4.78, 5) is 168. The van der Waals surface area contributed by atoms with Gasteiger partial charge in [-0.05, 0) is 91.2 Å². The number of H-pyrrole nitrogens is 1. The van der Waals surface area contributed by atoms with Crippen LogP contribution in [0.5, 0.6) is 0 Å². The van der Waals surface area contributed by atoms with E-state index in [1.165, 1.54) is 19.1 Å². The maximum absolute atomic E-state index is 15.0. The standard InChI is InChI=1S/C82H120N10O19/c1-14-55(8)74(69(104-12)50-71(97)91-36-21-27-65(91)75(105-13)56(9)66(93)48-60(76-84-34-35-85-76)46-57-22-16-15-17-23-57)89(10)78(99)64(52(2)3)49-68(95)73(54(6)7)90(11)82(103)110-51-58-28-30-61(31-29-58)87-77(98)59(24-20-33-86-81(83)102)47-67(94)72(53(4)5)88-70(96)32-37-106-38-39-107-40-41-108-42-43-109-44-45-111-92-79(100)62-25-18-19-26-63(62)80(92)101/h15-19,22-23,25-26,28-31,34-35,52-56,59-60,64-65,69,72-75H,14,20-21,24,27,32-33,36-51H2,1-13H3,(H,84,85)(H,87,98)(H,88,96)(H3,83,86,102)/t55-,56-,59+,60+,64-,65-,69+,72-,73-,74-,75?/m0/s1. The fraction of sp³-hybridized carbons (Fsp3) is 0.610. The van der Waals surface area contributed by atoms with Crippen molar-refractivity contribution >= 4 is 70.6 Å². The molecule has 111 heavy (non-hydrogen) atoms. The summed E-state index contributed by atoms with van der Waals surface area (Å²) in [6, 6.07) is 19.4. The minimum Gasteiger partial charge on any atom is -0.445 e. The van der Waals surface area contributed by atoms with E-state index in [0.717, 1.165) is 22.9 Å². The lowest BCUT2D eigenvalue weighted by atomic mass is 9.83. The van der Waals surface area contributed by atoms with Gasteiger partial charge in [0.05, 0.1) is 113 Å². The van der Waals surface area contributed by atoms with Gasteiger partial charge in [-0.25, -0.2) is 14.6 Å². The van der Waals surface area contributed by atoms with Gasteiger partial charge in [-0.3, -0.25) is 48.0 Å².